The van der Waals surface area contributed by atoms with Gasteiger partial charge in [-0.1, -0.05) is 7.43 Å². The normalized spacial score (nSPS) is 18.1. The molecule has 3 nitrogen and oxygen atoms in total. The number of amides is 1. The zero-order valence-corrected chi connectivity index (χ0v) is 7.02. The lowest BCUT2D eigenvalue weighted by atomic mass is 9.98. The van der Waals surface area contributed by atoms with E-state index in [1.165, 1.54) is 12.8 Å². The molecule has 1 heterocycles. The van der Waals surface area contributed by atoms with Gasteiger partial charge in [-0.05, 0) is 31.8 Å². The van der Waals surface area contributed by atoms with E-state index in [0.29, 0.717) is 5.92 Å². The van der Waals surface area contributed by atoms with Gasteiger partial charge in [0.25, 0.3) is 0 Å². The number of hydrogen-bond donors (Lipinski definition) is 2. The molecule has 72 valence electrons. The van der Waals surface area contributed by atoms with Crippen molar-refractivity contribution >= 4 is 5.91 Å². The van der Waals surface area contributed by atoms with Gasteiger partial charge in [0, 0.05) is 13.5 Å². The highest BCUT2D eigenvalue weighted by atomic mass is 16.1. The Kier molecular flexibility index (Phi) is 5.72. The number of carbonyl (C=O) groups is 1. The Labute approximate surface area is 74.9 Å². The van der Waals surface area contributed by atoms with E-state index in [0.717, 1.165) is 19.6 Å². The van der Waals surface area contributed by atoms with Crippen LogP contribution in [-0.4, -0.2) is 25.5 Å². The van der Waals surface area contributed by atoms with Crippen LogP contribution in [0.4, 0.5) is 0 Å². The van der Waals surface area contributed by atoms with Crippen molar-refractivity contribution in [3.05, 3.63) is 0 Å². The first kappa shape index (κ1) is 11.4. The van der Waals surface area contributed by atoms with Crippen LogP contribution >= 0.6 is 0 Å². The molecule has 1 fully saturated rings. The van der Waals surface area contributed by atoms with Gasteiger partial charge in [0.15, 0.2) is 0 Å². The van der Waals surface area contributed by atoms with Gasteiger partial charge in [-0.25, -0.2) is 0 Å². The average molecular weight is 172 g/mol. The number of hydrogen-bond acceptors (Lipinski definition) is 2. The lowest BCUT2D eigenvalue weighted by Crippen LogP contribution is -2.35. The van der Waals surface area contributed by atoms with Crippen LogP contribution in [0.15, 0.2) is 0 Å². The van der Waals surface area contributed by atoms with Gasteiger partial charge in [0.1, 0.15) is 0 Å². The van der Waals surface area contributed by atoms with Gasteiger partial charge >= 0.3 is 0 Å². The molecule has 0 spiro atoms. The van der Waals surface area contributed by atoms with Gasteiger partial charge in [0.05, 0.1) is 0 Å². The standard InChI is InChI=1S/C8H16N2O.CH4/c1-7(11)10-6-8-2-4-9-5-3-8;/h8-9H,2-6H2,1H3,(H,10,11);1H4. The molecule has 0 aromatic carbocycles. The zero-order valence-electron chi connectivity index (χ0n) is 7.02. The molecule has 0 saturated carbocycles. The van der Waals surface area contributed by atoms with Crippen LogP contribution in [0.1, 0.15) is 27.2 Å². The average Bonchev–Trinajstić information content (AvgIpc) is 2.03. The minimum Gasteiger partial charge on any atom is -0.356 e. The number of nitrogens with one attached hydrogen (secondary N) is 2. The van der Waals surface area contributed by atoms with Crippen molar-refractivity contribution in [2.45, 2.75) is 27.2 Å². The summed E-state index contributed by atoms with van der Waals surface area (Å²) in [6, 6.07) is 0. The minimum absolute atomic E-state index is 0. The first-order chi connectivity index (χ1) is 5.29. The van der Waals surface area contributed by atoms with Gasteiger partial charge in [-0.15, -0.1) is 0 Å². The molecule has 1 amide bonds. The van der Waals surface area contributed by atoms with Crippen molar-refractivity contribution in [3.63, 3.8) is 0 Å². The van der Waals surface area contributed by atoms with E-state index >= 15 is 0 Å². The molecule has 0 aromatic rings. The molecule has 12 heavy (non-hydrogen) atoms. The first-order valence-electron chi connectivity index (χ1n) is 4.24. The van der Waals surface area contributed by atoms with Crippen LogP contribution in [0.2, 0.25) is 0 Å². The molecule has 0 radical (unpaired) electrons. The van der Waals surface area contributed by atoms with Crippen LogP contribution in [0.3, 0.4) is 0 Å². The Hall–Kier alpha value is -0.570. The summed E-state index contributed by atoms with van der Waals surface area (Å²) in [6.45, 7) is 4.63. The van der Waals surface area contributed by atoms with E-state index in [1.807, 2.05) is 0 Å². The SMILES string of the molecule is C.CC(=O)NCC1CCNCC1. The molecule has 0 aromatic heterocycles. The van der Waals surface area contributed by atoms with Gasteiger partial charge in [-0.3, -0.25) is 4.79 Å². The van der Waals surface area contributed by atoms with Crippen LogP contribution in [0, 0.1) is 5.92 Å². The molecule has 0 bridgehead atoms. The predicted molar refractivity (Wildman–Crippen MR) is 51.0 cm³/mol. The maximum Gasteiger partial charge on any atom is 0.216 e. The second kappa shape index (κ2) is 6.00. The molecule has 2 N–H and O–H groups in total. The third-order valence-electron chi connectivity index (χ3n) is 2.10. The minimum atomic E-state index is 0. The van der Waals surface area contributed by atoms with Crippen molar-refractivity contribution in [2.24, 2.45) is 5.92 Å². The number of rotatable bonds is 2. The van der Waals surface area contributed by atoms with Crippen molar-refractivity contribution in [1.29, 1.82) is 0 Å². The topological polar surface area (TPSA) is 41.1 Å². The Bertz CT molecular complexity index is 130. The molecule has 1 saturated heterocycles. The van der Waals surface area contributed by atoms with E-state index in [1.54, 1.807) is 6.92 Å². The van der Waals surface area contributed by atoms with Crippen molar-refractivity contribution < 1.29 is 4.79 Å². The highest BCUT2D eigenvalue weighted by Crippen LogP contribution is 2.09. The van der Waals surface area contributed by atoms with Gasteiger partial charge in [0.2, 0.25) is 5.91 Å². The maximum atomic E-state index is 10.6. The van der Waals surface area contributed by atoms with Crippen LogP contribution < -0.4 is 10.6 Å². The molecule has 0 aliphatic carbocycles. The van der Waals surface area contributed by atoms with E-state index in [2.05, 4.69) is 10.6 Å². The fourth-order valence-electron chi connectivity index (χ4n) is 1.37. The summed E-state index contributed by atoms with van der Waals surface area (Å²) >= 11 is 0. The van der Waals surface area contributed by atoms with Crippen molar-refractivity contribution in [3.8, 4) is 0 Å². The predicted octanol–water partition coefficient (Wildman–Crippen LogP) is 0.758. The highest BCUT2D eigenvalue weighted by Gasteiger charge is 2.12. The summed E-state index contributed by atoms with van der Waals surface area (Å²) in [5.74, 6) is 0.781. The third-order valence-corrected chi connectivity index (χ3v) is 2.10. The summed E-state index contributed by atoms with van der Waals surface area (Å²) in [7, 11) is 0. The van der Waals surface area contributed by atoms with Gasteiger partial charge in [-0.2, -0.15) is 0 Å². The Morgan fingerprint density at radius 1 is 1.50 bits per heavy atom. The number of carbonyl (C=O) groups excluding carboxylic acids is 1. The summed E-state index contributed by atoms with van der Waals surface area (Å²) in [6.07, 6.45) is 2.39. The van der Waals surface area contributed by atoms with Crippen LogP contribution in [0.25, 0.3) is 0 Å². The smallest absolute Gasteiger partial charge is 0.216 e. The highest BCUT2D eigenvalue weighted by molar-refractivity contribution is 5.72. The quantitative estimate of drug-likeness (QED) is 0.645. The zero-order chi connectivity index (χ0) is 8.10. The van der Waals surface area contributed by atoms with E-state index in [-0.39, 0.29) is 13.3 Å². The summed E-state index contributed by atoms with van der Waals surface area (Å²) in [5.41, 5.74) is 0. The van der Waals surface area contributed by atoms with E-state index in [4.69, 9.17) is 0 Å². The third kappa shape index (κ3) is 4.34. The second-order valence-electron chi connectivity index (χ2n) is 3.13. The molecule has 1 aliphatic heterocycles. The summed E-state index contributed by atoms with van der Waals surface area (Å²) < 4.78 is 0. The lowest BCUT2D eigenvalue weighted by molar-refractivity contribution is -0.119. The molecular weight excluding hydrogens is 152 g/mol. The Balaban J connectivity index is 0.00000121. The summed E-state index contributed by atoms with van der Waals surface area (Å²) in [5, 5.41) is 6.14. The summed E-state index contributed by atoms with van der Waals surface area (Å²) in [4.78, 5) is 10.6. The van der Waals surface area contributed by atoms with E-state index < -0.39 is 0 Å². The van der Waals surface area contributed by atoms with Crippen molar-refractivity contribution in [2.75, 3.05) is 19.6 Å². The number of piperidine rings is 1. The molecule has 1 rings (SSSR count). The Morgan fingerprint density at radius 2 is 2.08 bits per heavy atom. The van der Waals surface area contributed by atoms with Gasteiger partial charge < -0.3 is 10.6 Å². The fraction of sp³-hybridized carbons (Fsp3) is 0.889. The maximum absolute atomic E-state index is 10.6. The largest absolute Gasteiger partial charge is 0.356 e. The monoisotopic (exact) mass is 172 g/mol. The molecule has 0 atom stereocenters. The second-order valence-corrected chi connectivity index (χ2v) is 3.13. The Morgan fingerprint density at radius 3 is 2.58 bits per heavy atom. The fourth-order valence-corrected chi connectivity index (χ4v) is 1.37. The molecule has 3 heteroatoms. The van der Waals surface area contributed by atoms with E-state index in [9.17, 15) is 4.79 Å². The van der Waals surface area contributed by atoms with Crippen LogP contribution in [-0.2, 0) is 4.79 Å². The van der Waals surface area contributed by atoms with Crippen LogP contribution in [0.5, 0.6) is 0 Å². The molecule has 1 aliphatic rings. The first-order valence-corrected chi connectivity index (χ1v) is 4.24. The molecule has 0 unspecified atom stereocenters. The van der Waals surface area contributed by atoms with Crippen molar-refractivity contribution in [1.82, 2.24) is 10.6 Å². The lowest BCUT2D eigenvalue weighted by Gasteiger charge is -2.22. The molecular formula is C9H20N2O.